The molecule has 0 saturated heterocycles. The molecular weight excluding hydrogens is 386 g/mol. The van der Waals surface area contributed by atoms with Gasteiger partial charge in [-0.3, -0.25) is 9.59 Å². The number of fused-ring (bicyclic) bond motifs is 1. The maximum Gasteiger partial charge on any atom is 0.338 e. The molecule has 0 atom stereocenters. The summed E-state index contributed by atoms with van der Waals surface area (Å²) in [6.45, 7) is 4.20. The van der Waals surface area contributed by atoms with Crippen LogP contribution in [0.25, 0.3) is 0 Å². The molecule has 0 fully saturated rings. The Morgan fingerprint density at radius 2 is 1.80 bits per heavy atom. The van der Waals surface area contributed by atoms with Gasteiger partial charge < -0.3 is 4.74 Å². The van der Waals surface area contributed by atoms with Crippen LogP contribution in [-0.2, 0) is 4.74 Å². The molecule has 0 bridgehead atoms. The number of halogens is 1. The van der Waals surface area contributed by atoms with Crippen molar-refractivity contribution >= 4 is 39.4 Å². The summed E-state index contributed by atoms with van der Waals surface area (Å²) >= 11 is 3.30. The van der Waals surface area contributed by atoms with E-state index < -0.39 is 17.8 Å². The van der Waals surface area contributed by atoms with Crippen LogP contribution in [0.5, 0.6) is 0 Å². The topological polar surface area (TPSA) is 63.7 Å². The molecule has 25 heavy (non-hydrogen) atoms. The van der Waals surface area contributed by atoms with Crippen LogP contribution in [0.2, 0.25) is 0 Å². The van der Waals surface area contributed by atoms with Gasteiger partial charge in [-0.2, -0.15) is 0 Å². The van der Waals surface area contributed by atoms with E-state index >= 15 is 0 Å². The van der Waals surface area contributed by atoms with E-state index in [-0.39, 0.29) is 5.92 Å². The minimum absolute atomic E-state index is 0.224. The van der Waals surface area contributed by atoms with E-state index in [0.29, 0.717) is 29.0 Å². The number of rotatable bonds is 4. The number of anilines is 1. The van der Waals surface area contributed by atoms with Gasteiger partial charge in [0, 0.05) is 4.47 Å². The Bertz CT molecular complexity index is 875. The van der Waals surface area contributed by atoms with Gasteiger partial charge in [-0.1, -0.05) is 35.8 Å². The number of hydrogen-bond donors (Lipinski definition) is 0. The quantitative estimate of drug-likeness (QED) is 0.572. The van der Waals surface area contributed by atoms with Crippen molar-refractivity contribution in [2.24, 2.45) is 5.92 Å². The fraction of sp³-hybridized carbons (Fsp3) is 0.211. The molecule has 0 saturated carbocycles. The third-order valence-corrected chi connectivity index (χ3v) is 4.23. The molecular formula is C19H16BrNO4. The number of ether oxygens (including phenoxy) is 1. The molecule has 0 spiro atoms. The third kappa shape index (κ3) is 3.35. The molecule has 128 valence electrons. The van der Waals surface area contributed by atoms with Gasteiger partial charge in [0.15, 0.2) is 0 Å². The number of nitrogens with zero attached hydrogens (tertiary/aromatic N) is 1. The lowest BCUT2D eigenvalue weighted by Gasteiger charge is -2.15. The van der Waals surface area contributed by atoms with Crippen molar-refractivity contribution < 1.29 is 19.1 Å². The Kier molecular flexibility index (Phi) is 4.72. The van der Waals surface area contributed by atoms with E-state index in [0.717, 1.165) is 9.37 Å². The predicted octanol–water partition coefficient (Wildman–Crippen LogP) is 4.06. The molecule has 0 radical (unpaired) electrons. The summed E-state index contributed by atoms with van der Waals surface area (Å²) in [4.78, 5) is 38.4. The maximum absolute atomic E-state index is 12.6. The van der Waals surface area contributed by atoms with Gasteiger partial charge in [0.1, 0.15) is 0 Å². The lowest BCUT2D eigenvalue weighted by Crippen LogP contribution is -2.29. The average Bonchev–Trinajstić information content (AvgIpc) is 2.83. The smallest absolute Gasteiger partial charge is 0.338 e. The highest BCUT2D eigenvalue weighted by atomic mass is 79.9. The Hall–Kier alpha value is -2.47. The molecule has 0 aromatic heterocycles. The first-order valence-corrected chi connectivity index (χ1v) is 8.63. The summed E-state index contributed by atoms with van der Waals surface area (Å²) in [6.07, 6.45) is 0. The fourth-order valence-electron chi connectivity index (χ4n) is 2.55. The van der Waals surface area contributed by atoms with Crippen molar-refractivity contribution in [3.05, 3.63) is 63.6 Å². The summed E-state index contributed by atoms with van der Waals surface area (Å²) in [5, 5.41) is 0. The largest absolute Gasteiger partial charge is 0.462 e. The predicted molar refractivity (Wildman–Crippen MR) is 96.8 cm³/mol. The van der Waals surface area contributed by atoms with Crippen LogP contribution in [0.1, 0.15) is 44.9 Å². The number of carbonyl (C=O) groups is 3. The zero-order valence-corrected chi connectivity index (χ0v) is 15.4. The summed E-state index contributed by atoms with van der Waals surface area (Å²) in [5.41, 5.74) is 1.34. The van der Waals surface area contributed by atoms with Crippen molar-refractivity contribution in [3.63, 3.8) is 0 Å². The monoisotopic (exact) mass is 401 g/mol. The molecule has 2 amide bonds. The highest BCUT2D eigenvalue weighted by molar-refractivity contribution is 9.10. The fourth-order valence-corrected chi connectivity index (χ4v) is 2.91. The van der Waals surface area contributed by atoms with Gasteiger partial charge in [-0.15, -0.1) is 0 Å². The third-order valence-electron chi connectivity index (χ3n) is 3.74. The second kappa shape index (κ2) is 6.80. The van der Waals surface area contributed by atoms with Crippen LogP contribution in [0, 0.1) is 5.92 Å². The standard InChI is InChI=1S/C19H16BrNO4/c1-11(2)10-25-19(24)12-4-3-5-14(8-12)21-17(22)15-7-6-13(20)9-16(15)18(21)23/h3-9,11H,10H2,1-2H3. The first-order chi connectivity index (χ1) is 11.9. The summed E-state index contributed by atoms with van der Waals surface area (Å²) in [5.74, 6) is -1.06. The number of amides is 2. The molecule has 2 aromatic rings. The Morgan fingerprint density at radius 3 is 2.52 bits per heavy atom. The van der Waals surface area contributed by atoms with Crippen LogP contribution >= 0.6 is 15.9 Å². The molecule has 3 rings (SSSR count). The lowest BCUT2D eigenvalue weighted by atomic mass is 10.1. The molecule has 0 aliphatic carbocycles. The summed E-state index contributed by atoms with van der Waals surface area (Å²) in [7, 11) is 0. The summed E-state index contributed by atoms with van der Waals surface area (Å²) in [6, 6.07) is 11.3. The van der Waals surface area contributed by atoms with Gasteiger partial charge in [0.05, 0.1) is 29.0 Å². The molecule has 5 nitrogen and oxygen atoms in total. The minimum atomic E-state index is -0.477. The van der Waals surface area contributed by atoms with Crippen molar-refractivity contribution in [1.82, 2.24) is 0 Å². The second-order valence-corrected chi connectivity index (χ2v) is 7.09. The maximum atomic E-state index is 12.6. The number of benzene rings is 2. The number of esters is 1. The molecule has 1 heterocycles. The van der Waals surface area contributed by atoms with Crippen LogP contribution in [-0.4, -0.2) is 24.4 Å². The van der Waals surface area contributed by atoms with E-state index in [1.165, 1.54) is 6.07 Å². The van der Waals surface area contributed by atoms with Gasteiger partial charge in [0.25, 0.3) is 11.8 Å². The zero-order chi connectivity index (χ0) is 18.1. The van der Waals surface area contributed by atoms with Crippen LogP contribution < -0.4 is 4.90 Å². The highest BCUT2D eigenvalue weighted by Gasteiger charge is 2.36. The van der Waals surface area contributed by atoms with E-state index in [1.807, 2.05) is 13.8 Å². The molecule has 1 aliphatic heterocycles. The normalized spacial score (nSPS) is 13.4. The first-order valence-electron chi connectivity index (χ1n) is 7.84. The lowest BCUT2D eigenvalue weighted by molar-refractivity contribution is 0.0458. The van der Waals surface area contributed by atoms with Gasteiger partial charge in [0.2, 0.25) is 0 Å². The molecule has 6 heteroatoms. The van der Waals surface area contributed by atoms with Gasteiger partial charge in [-0.05, 0) is 42.3 Å². The Balaban J connectivity index is 1.91. The number of imide groups is 1. The molecule has 2 aromatic carbocycles. The highest BCUT2D eigenvalue weighted by Crippen LogP contribution is 2.30. The van der Waals surface area contributed by atoms with E-state index in [9.17, 15) is 14.4 Å². The Labute approximate surface area is 153 Å². The molecule has 1 aliphatic rings. The zero-order valence-electron chi connectivity index (χ0n) is 13.8. The average molecular weight is 402 g/mol. The van der Waals surface area contributed by atoms with Gasteiger partial charge in [-0.25, -0.2) is 9.69 Å². The molecule has 0 N–H and O–H groups in total. The SMILES string of the molecule is CC(C)COC(=O)c1cccc(N2C(=O)c3ccc(Br)cc3C2=O)c1. The van der Waals surface area contributed by atoms with Crippen molar-refractivity contribution in [2.45, 2.75) is 13.8 Å². The van der Waals surface area contributed by atoms with E-state index in [1.54, 1.807) is 36.4 Å². The van der Waals surface area contributed by atoms with Crippen LogP contribution in [0.15, 0.2) is 46.9 Å². The van der Waals surface area contributed by atoms with Crippen molar-refractivity contribution in [3.8, 4) is 0 Å². The second-order valence-electron chi connectivity index (χ2n) is 6.18. The van der Waals surface area contributed by atoms with E-state index in [2.05, 4.69) is 15.9 Å². The molecule has 0 unspecified atom stereocenters. The van der Waals surface area contributed by atoms with E-state index in [4.69, 9.17) is 4.74 Å². The number of carbonyl (C=O) groups excluding carboxylic acids is 3. The minimum Gasteiger partial charge on any atom is -0.462 e. The first kappa shape index (κ1) is 17.4. The van der Waals surface area contributed by atoms with Crippen molar-refractivity contribution in [2.75, 3.05) is 11.5 Å². The number of hydrogen-bond acceptors (Lipinski definition) is 4. The van der Waals surface area contributed by atoms with Crippen molar-refractivity contribution in [1.29, 1.82) is 0 Å². The van der Waals surface area contributed by atoms with Gasteiger partial charge >= 0.3 is 5.97 Å². The summed E-state index contributed by atoms with van der Waals surface area (Å²) < 4.78 is 5.93. The van der Waals surface area contributed by atoms with Crippen LogP contribution in [0.4, 0.5) is 5.69 Å². The Morgan fingerprint density at radius 1 is 1.08 bits per heavy atom. The van der Waals surface area contributed by atoms with Crippen LogP contribution in [0.3, 0.4) is 0 Å².